The second kappa shape index (κ2) is 5.18. The maximum atomic E-state index is 4.13. The maximum absolute atomic E-state index is 4.13. The Labute approximate surface area is 105 Å². The molecule has 0 radical (unpaired) electrons. The zero-order valence-corrected chi connectivity index (χ0v) is 11.2. The molecule has 0 aromatic carbocycles. The SMILES string of the molecule is CC(C)CNCC1(c2ccncc2)CCC1C. The van der Waals surface area contributed by atoms with Crippen LogP contribution in [0.2, 0.25) is 0 Å². The number of nitrogens with one attached hydrogen (secondary N) is 1. The van der Waals surface area contributed by atoms with Crippen LogP contribution in [0.1, 0.15) is 39.2 Å². The molecule has 2 rings (SSSR count). The summed E-state index contributed by atoms with van der Waals surface area (Å²) in [6.07, 6.45) is 6.50. The number of hydrogen-bond donors (Lipinski definition) is 1. The Balaban J connectivity index is 2.06. The van der Waals surface area contributed by atoms with Gasteiger partial charge in [-0.25, -0.2) is 0 Å². The van der Waals surface area contributed by atoms with Crippen LogP contribution in [0, 0.1) is 11.8 Å². The summed E-state index contributed by atoms with van der Waals surface area (Å²) in [6, 6.07) is 4.37. The van der Waals surface area contributed by atoms with Crippen molar-refractivity contribution in [1.29, 1.82) is 0 Å². The van der Waals surface area contributed by atoms with Crippen molar-refractivity contribution in [2.24, 2.45) is 11.8 Å². The van der Waals surface area contributed by atoms with Gasteiger partial charge in [-0.3, -0.25) is 4.98 Å². The van der Waals surface area contributed by atoms with E-state index in [1.165, 1.54) is 18.4 Å². The van der Waals surface area contributed by atoms with Crippen molar-refractivity contribution < 1.29 is 0 Å². The minimum atomic E-state index is 0.359. The van der Waals surface area contributed by atoms with Crippen molar-refractivity contribution in [2.75, 3.05) is 13.1 Å². The summed E-state index contributed by atoms with van der Waals surface area (Å²) in [7, 11) is 0. The highest BCUT2D eigenvalue weighted by molar-refractivity contribution is 5.28. The molecule has 0 aliphatic heterocycles. The largest absolute Gasteiger partial charge is 0.316 e. The van der Waals surface area contributed by atoms with Gasteiger partial charge >= 0.3 is 0 Å². The van der Waals surface area contributed by atoms with Gasteiger partial charge in [-0.1, -0.05) is 20.8 Å². The highest BCUT2D eigenvalue weighted by Crippen LogP contribution is 2.47. The molecular weight excluding hydrogens is 208 g/mol. The minimum Gasteiger partial charge on any atom is -0.316 e. The first-order valence-electron chi connectivity index (χ1n) is 6.76. The highest BCUT2D eigenvalue weighted by atomic mass is 14.9. The first-order chi connectivity index (χ1) is 8.15. The van der Waals surface area contributed by atoms with Crippen LogP contribution in [0.15, 0.2) is 24.5 Å². The summed E-state index contributed by atoms with van der Waals surface area (Å²) in [5.74, 6) is 1.50. The Morgan fingerprint density at radius 2 is 2.12 bits per heavy atom. The van der Waals surface area contributed by atoms with Crippen LogP contribution in [0.5, 0.6) is 0 Å². The van der Waals surface area contributed by atoms with E-state index in [4.69, 9.17) is 0 Å². The first-order valence-corrected chi connectivity index (χ1v) is 6.76. The summed E-state index contributed by atoms with van der Waals surface area (Å²) in [6.45, 7) is 9.11. The lowest BCUT2D eigenvalue weighted by Gasteiger charge is -2.49. The lowest BCUT2D eigenvalue weighted by atomic mass is 9.57. The second-order valence-electron chi connectivity index (χ2n) is 5.86. The molecule has 1 fully saturated rings. The number of rotatable bonds is 5. The van der Waals surface area contributed by atoms with Crippen LogP contribution >= 0.6 is 0 Å². The third-order valence-electron chi connectivity index (χ3n) is 4.22. The van der Waals surface area contributed by atoms with Crippen molar-refractivity contribution in [1.82, 2.24) is 10.3 Å². The van der Waals surface area contributed by atoms with Crippen molar-refractivity contribution in [3.8, 4) is 0 Å². The van der Waals surface area contributed by atoms with E-state index in [1.807, 2.05) is 12.4 Å². The summed E-state index contributed by atoms with van der Waals surface area (Å²) in [5, 5.41) is 3.64. The molecule has 1 heterocycles. The molecule has 2 heteroatoms. The zero-order chi connectivity index (χ0) is 12.3. The second-order valence-corrected chi connectivity index (χ2v) is 5.86. The summed E-state index contributed by atoms with van der Waals surface area (Å²) in [4.78, 5) is 4.13. The van der Waals surface area contributed by atoms with E-state index in [2.05, 4.69) is 43.2 Å². The fourth-order valence-electron chi connectivity index (χ4n) is 2.84. The van der Waals surface area contributed by atoms with E-state index < -0.39 is 0 Å². The van der Waals surface area contributed by atoms with Crippen LogP contribution in [-0.2, 0) is 5.41 Å². The Bertz CT molecular complexity index is 347. The molecule has 1 aliphatic rings. The number of nitrogens with zero attached hydrogens (tertiary/aromatic N) is 1. The molecule has 1 N–H and O–H groups in total. The maximum Gasteiger partial charge on any atom is 0.0270 e. The highest BCUT2D eigenvalue weighted by Gasteiger charge is 2.44. The van der Waals surface area contributed by atoms with Gasteiger partial charge in [-0.2, -0.15) is 0 Å². The molecule has 0 bridgehead atoms. The van der Waals surface area contributed by atoms with Gasteiger partial charge in [0.25, 0.3) is 0 Å². The van der Waals surface area contributed by atoms with E-state index in [-0.39, 0.29) is 0 Å². The molecule has 94 valence electrons. The van der Waals surface area contributed by atoms with E-state index >= 15 is 0 Å². The van der Waals surface area contributed by atoms with Gasteiger partial charge in [0.1, 0.15) is 0 Å². The van der Waals surface area contributed by atoms with Crippen LogP contribution in [-0.4, -0.2) is 18.1 Å². The standard InChI is InChI=1S/C15H24N2/c1-12(2)10-17-11-15(7-4-13(15)3)14-5-8-16-9-6-14/h5-6,8-9,12-13,17H,4,7,10-11H2,1-3H3. The summed E-state index contributed by atoms with van der Waals surface area (Å²) >= 11 is 0. The van der Waals surface area contributed by atoms with E-state index in [0.717, 1.165) is 24.9 Å². The van der Waals surface area contributed by atoms with E-state index in [1.54, 1.807) is 0 Å². The summed E-state index contributed by atoms with van der Waals surface area (Å²) < 4.78 is 0. The van der Waals surface area contributed by atoms with Gasteiger partial charge in [0, 0.05) is 24.4 Å². The Hall–Kier alpha value is -0.890. The molecule has 1 saturated carbocycles. The molecule has 0 saturated heterocycles. The molecule has 0 spiro atoms. The average Bonchev–Trinajstić information content (AvgIpc) is 2.33. The number of pyridine rings is 1. The molecule has 2 unspecified atom stereocenters. The van der Waals surface area contributed by atoms with Gasteiger partial charge in [-0.15, -0.1) is 0 Å². The van der Waals surface area contributed by atoms with Gasteiger partial charge in [-0.05, 0) is 48.9 Å². The third kappa shape index (κ3) is 2.52. The Morgan fingerprint density at radius 3 is 2.59 bits per heavy atom. The fourth-order valence-corrected chi connectivity index (χ4v) is 2.84. The van der Waals surface area contributed by atoms with Gasteiger partial charge in [0.05, 0.1) is 0 Å². The monoisotopic (exact) mass is 232 g/mol. The molecule has 0 amide bonds. The van der Waals surface area contributed by atoms with Gasteiger partial charge in [0.15, 0.2) is 0 Å². The molecule has 2 nitrogen and oxygen atoms in total. The van der Waals surface area contributed by atoms with Crippen molar-refractivity contribution in [3.05, 3.63) is 30.1 Å². The van der Waals surface area contributed by atoms with Crippen LogP contribution in [0.4, 0.5) is 0 Å². The number of aromatic nitrogens is 1. The topological polar surface area (TPSA) is 24.9 Å². The number of hydrogen-bond acceptors (Lipinski definition) is 2. The summed E-state index contributed by atoms with van der Waals surface area (Å²) in [5.41, 5.74) is 1.82. The van der Waals surface area contributed by atoms with Gasteiger partial charge in [0.2, 0.25) is 0 Å². The van der Waals surface area contributed by atoms with E-state index in [0.29, 0.717) is 5.41 Å². The average molecular weight is 232 g/mol. The molecule has 17 heavy (non-hydrogen) atoms. The van der Waals surface area contributed by atoms with Crippen LogP contribution in [0.3, 0.4) is 0 Å². The first kappa shape index (κ1) is 12.6. The fraction of sp³-hybridized carbons (Fsp3) is 0.667. The Morgan fingerprint density at radius 1 is 1.41 bits per heavy atom. The Kier molecular flexibility index (Phi) is 3.82. The minimum absolute atomic E-state index is 0.359. The molecule has 1 aromatic heterocycles. The van der Waals surface area contributed by atoms with E-state index in [9.17, 15) is 0 Å². The molecule has 2 atom stereocenters. The normalized spacial score (nSPS) is 28.1. The van der Waals surface area contributed by atoms with Gasteiger partial charge < -0.3 is 5.32 Å². The zero-order valence-electron chi connectivity index (χ0n) is 11.2. The molecule has 1 aromatic rings. The predicted molar refractivity (Wildman–Crippen MR) is 72.0 cm³/mol. The van der Waals surface area contributed by atoms with Crippen LogP contribution < -0.4 is 5.32 Å². The third-order valence-corrected chi connectivity index (χ3v) is 4.22. The van der Waals surface area contributed by atoms with Crippen molar-refractivity contribution >= 4 is 0 Å². The predicted octanol–water partition coefficient (Wildman–Crippen LogP) is 2.99. The lowest BCUT2D eigenvalue weighted by molar-refractivity contribution is 0.133. The van der Waals surface area contributed by atoms with Crippen molar-refractivity contribution in [3.63, 3.8) is 0 Å². The smallest absolute Gasteiger partial charge is 0.0270 e. The lowest BCUT2D eigenvalue weighted by Crippen LogP contribution is -2.50. The quantitative estimate of drug-likeness (QED) is 0.844. The molecule has 1 aliphatic carbocycles. The van der Waals surface area contributed by atoms with Crippen molar-refractivity contribution in [2.45, 2.75) is 39.0 Å². The molecular formula is C15H24N2. The van der Waals surface area contributed by atoms with Crippen LogP contribution in [0.25, 0.3) is 0 Å².